The van der Waals surface area contributed by atoms with Crippen molar-refractivity contribution < 1.29 is 0 Å². The van der Waals surface area contributed by atoms with Crippen LogP contribution in [0.2, 0.25) is 0 Å². The Morgan fingerprint density at radius 2 is 1.68 bits per heavy atom. The maximum Gasteiger partial charge on any atom is -0.0269 e. The highest BCUT2D eigenvalue weighted by Crippen LogP contribution is 2.64. The van der Waals surface area contributed by atoms with E-state index in [2.05, 4.69) is 27.7 Å². The minimum Gasteiger partial charge on any atom is -0.0651 e. The molecule has 0 amide bonds. The average Bonchev–Trinajstić information content (AvgIpc) is 2.81. The van der Waals surface area contributed by atoms with Crippen LogP contribution in [0, 0.1) is 34.5 Å². The van der Waals surface area contributed by atoms with Crippen LogP contribution in [0.5, 0.6) is 0 Å². The fraction of sp³-hybridized carbons (Fsp3) is 1.00. The van der Waals surface area contributed by atoms with Crippen LogP contribution in [0.3, 0.4) is 0 Å². The van der Waals surface area contributed by atoms with E-state index in [1.54, 1.807) is 19.3 Å². The summed E-state index contributed by atoms with van der Waals surface area (Å²) in [7, 11) is 0. The van der Waals surface area contributed by atoms with Crippen molar-refractivity contribution in [2.24, 2.45) is 34.5 Å². The Morgan fingerprint density at radius 3 is 2.37 bits per heavy atom. The Kier molecular flexibility index (Phi) is 3.51. The molecular formula is C19H34. The lowest BCUT2D eigenvalue weighted by atomic mass is 9.47. The second-order valence-electron chi connectivity index (χ2n) is 8.50. The van der Waals surface area contributed by atoms with Gasteiger partial charge in [-0.2, -0.15) is 0 Å². The second kappa shape index (κ2) is 4.78. The maximum absolute atomic E-state index is 2.65. The van der Waals surface area contributed by atoms with E-state index in [9.17, 15) is 0 Å². The molecule has 3 fully saturated rings. The summed E-state index contributed by atoms with van der Waals surface area (Å²) < 4.78 is 0. The molecule has 3 aliphatic rings. The zero-order valence-corrected chi connectivity index (χ0v) is 13.7. The van der Waals surface area contributed by atoms with Crippen molar-refractivity contribution in [3.05, 3.63) is 0 Å². The minimum absolute atomic E-state index is 0.654. The molecule has 0 spiro atoms. The topological polar surface area (TPSA) is 0 Å². The molecule has 1 unspecified atom stereocenters. The van der Waals surface area contributed by atoms with E-state index in [-0.39, 0.29) is 0 Å². The summed E-state index contributed by atoms with van der Waals surface area (Å²) in [6.45, 7) is 10.2. The molecule has 110 valence electrons. The SMILES string of the molecule is CC[C@@H]1CC[C@@H]2[C@H](CC[C@]3(C)CCC[C@@H]23)C1(C)CC. The molecule has 3 saturated carbocycles. The molecule has 0 heteroatoms. The van der Waals surface area contributed by atoms with Crippen molar-refractivity contribution in [3.63, 3.8) is 0 Å². The summed E-state index contributed by atoms with van der Waals surface area (Å²) >= 11 is 0. The van der Waals surface area contributed by atoms with Gasteiger partial charge in [0.2, 0.25) is 0 Å². The molecule has 6 atom stereocenters. The van der Waals surface area contributed by atoms with E-state index >= 15 is 0 Å². The lowest BCUT2D eigenvalue weighted by Crippen LogP contribution is -2.50. The van der Waals surface area contributed by atoms with Crippen molar-refractivity contribution in [2.45, 2.75) is 85.5 Å². The number of hydrogen-bond donors (Lipinski definition) is 0. The minimum atomic E-state index is 0.654. The Labute approximate surface area is 120 Å². The first-order valence-corrected chi connectivity index (χ1v) is 9.05. The standard InChI is InChI=1S/C19H34/c1-5-14-9-10-15-16-8-7-12-18(16,3)13-11-17(15)19(14,4)6-2/h14-17H,5-13H2,1-4H3/t14-,15+,16+,17+,18+,19?/m1/s1. The zero-order chi connectivity index (χ0) is 13.7. The lowest BCUT2D eigenvalue weighted by Gasteiger charge is -2.58. The van der Waals surface area contributed by atoms with Gasteiger partial charge in [-0.05, 0) is 73.0 Å². The van der Waals surface area contributed by atoms with Gasteiger partial charge < -0.3 is 0 Å². The van der Waals surface area contributed by atoms with Crippen molar-refractivity contribution in [1.82, 2.24) is 0 Å². The van der Waals surface area contributed by atoms with Crippen LogP contribution >= 0.6 is 0 Å². The van der Waals surface area contributed by atoms with Crippen molar-refractivity contribution in [1.29, 1.82) is 0 Å². The van der Waals surface area contributed by atoms with Gasteiger partial charge in [0.05, 0.1) is 0 Å². The molecule has 0 nitrogen and oxygen atoms in total. The maximum atomic E-state index is 2.65. The third-order valence-electron chi connectivity index (χ3n) is 8.10. The van der Waals surface area contributed by atoms with Gasteiger partial charge in [0.15, 0.2) is 0 Å². The Hall–Kier alpha value is 0. The molecule has 0 saturated heterocycles. The first kappa shape index (κ1) is 14.0. The van der Waals surface area contributed by atoms with Gasteiger partial charge in [-0.1, -0.05) is 47.0 Å². The lowest BCUT2D eigenvalue weighted by molar-refractivity contribution is -0.0892. The van der Waals surface area contributed by atoms with E-state index in [0.717, 1.165) is 29.1 Å². The molecule has 0 aliphatic heterocycles. The highest BCUT2D eigenvalue weighted by atomic mass is 14.6. The van der Waals surface area contributed by atoms with Gasteiger partial charge in [-0.15, -0.1) is 0 Å². The normalized spacial score (nSPS) is 53.7. The van der Waals surface area contributed by atoms with Crippen molar-refractivity contribution in [3.8, 4) is 0 Å². The molecule has 0 aromatic heterocycles. The van der Waals surface area contributed by atoms with E-state index in [1.807, 2.05) is 0 Å². The number of hydrogen-bond acceptors (Lipinski definition) is 0. The summed E-state index contributed by atoms with van der Waals surface area (Å²) in [5.74, 6) is 4.21. The first-order valence-electron chi connectivity index (χ1n) is 9.05. The summed E-state index contributed by atoms with van der Waals surface area (Å²) in [6, 6.07) is 0. The van der Waals surface area contributed by atoms with E-state index in [1.165, 1.54) is 38.5 Å². The highest BCUT2D eigenvalue weighted by Gasteiger charge is 2.55. The van der Waals surface area contributed by atoms with Crippen molar-refractivity contribution >= 4 is 0 Å². The van der Waals surface area contributed by atoms with Gasteiger partial charge in [-0.3, -0.25) is 0 Å². The molecule has 3 rings (SSSR count). The molecule has 0 radical (unpaired) electrons. The summed E-state index contributed by atoms with van der Waals surface area (Å²) in [4.78, 5) is 0. The number of rotatable bonds is 2. The Balaban J connectivity index is 1.89. The molecule has 19 heavy (non-hydrogen) atoms. The summed E-state index contributed by atoms with van der Waals surface area (Å²) in [5.41, 5.74) is 1.39. The summed E-state index contributed by atoms with van der Waals surface area (Å²) in [5, 5.41) is 0. The molecule has 0 bridgehead atoms. The largest absolute Gasteiger partial charge is 0.0651 e. The summed E-state index contributed by atoms with van der Waals surface area (Å²) in [6.07, 6.45) is 13.6. The van der Waals surface area contributed by atoms with Crippen LogP contribution in [-0.4, -0.2) is 0 Å². The van der Waals surface area contributed by atoms with Gasteiger partial charge in [0.25, 0.3) is 0 Å². The van der Waals surface area contributed by atoms with Crippen molar-refractivity contribution in [2.75, 3.05) is 0 Å². The van der Waals surface area contributed by atoms with Gasteiger partial charge in [-0.25, -0.2) is 0 Å². The van der Waals surface area contributed by atoms with Crippen LogP contribution in [0.4, 0.5) is 0 Å². The average molecular weight is 262 g/mol. The monoisotopic (exact) mass is 262 g/mol. The molecule has 0 N–H and O–H groups in total. The van der Waals surface area contributed by atoms with E-state index in [4.69, 9.17) is 0 Å². The number of fused-ring (bicyclic) bond motifs is 3. The molecular weight excluding hydrogens is 228 g/mol. The molecule has 3 aliphatic carbocycles. The predicted octanol–water partition coefficient (Wildman–Crippen LogP) is 6.06. The van der Waals surface area contributed by atoms with Crippen LogP contribution < -0.4 is 0 Å². The Morgan fingerprint density at radius 1 is 0.895 bits per heavy atom. The fourth-order valence-electron chi connectivity index (χ4n) is 6.75. The van der Waals surface area contributed by atoms with Gasteiger partial charge >= 0.3 is 0 Å². The molecule has 0 aromatic rings. The quantitative estimate of drug-likeness (QED) is 0.568. The smallest absolute Gasteiger partial charge is 0.0269 e. The third kappa shape index (κ3) is 1.92. The first-order chi connectivity index (χ1) is 9.05. The fourth-order valence-corrected chi connectivity index (χ4v) is 6.75. The third-order valence-corrected chi connectivity index (χ3v) is 8.10. The van der Waals surface area contributed by atoms with Crippen LogP contribution in [0.25, 0.3) is 0 Å². The molecule has 0 aromatic carbocycles. The predicted molar refractivity (Wildman–Crippen MR) is 83.1 cm³/mol. The van der Waals surface area contributed by atoms with Crippen LogP contribution in [0.15, 0.2) is 0 Å². The highest BCUT2D eigenvalue weighted by molar-refractivity contribution is 5.05. The second-order valence-corrected chi connectivity index (χ2v) is 8.50. The van der Waals surface area contributed by atoms with Gasteiger partial charge in [0.1, 0.15) is 0 Å². The van der Waals surface area contributed by atoms with E-state index in [0.29, 0.717) is 5.41 Å². The van der Waals surface area contributed by atoms with E-state index < -0.39 is 0 Å². The van der Waals surface area contributed by atoms with Crippen LogP contribution in [0.1, 0.15) is 85.5 Å². The Bertz CT molecular complexity index is 333. The molecule has 0 heterocycles. The van der Waals surface area contributed by atoms with Gasteiger partial charge in [0, 0.05) is 0 Å². The zero-order valence-electron chi connectivity index (χ0n) is 13.7. The van der Waals surface area contributed by atoms with Crippen LogP contribution in [-0.2, 0) is 0 Å².